The van der Waals surface area contributed by atoms with Crippen molar-refractivity contribution in [3.63, 3.8) is 0 Å². The lowest BCUT2D eigenvalue weighted by molar-refractivity contribution is -0.141. The Hall–Kier alpha value is -0.760. The first-order valence-electron chi connectivity index (χ1n) is 6.10. The molecule has 0 radical (unpaired) electrons. The van der Waals surface area contributed by atoms with Gasteiger partial charge in [0.15, 0.2) is 0 Å². The van der Waals surface area contributed by atoms with E-state index in [0.29, 0.717) is 17.9 Å². The summed E-state index contributed by atoms with van der Waals surface area (Å²) in [7, 11) is -0.996. The Balaban J connectivity index is 2.70. The van der Waals surface area contributed by atoms with E-state index in [0.717, 1.165) is 0 Å². The molecule has 6 nitrogen and oxygen atoms in total. The summed E-state index contributed by atoms with van der Waals surface area (Å²) in [4.78, 5) is 24.7. The van der Waals surface area contributed by atoms with Crippen molar-refractivity contribution >= 4 is 34.6 Å². The molecule has 0 aromatic carbocycles. The van der Waals surface area contributed by atoms with Gasteiger partial charge in [-0.05, 0) is 13.3 Å². The molecule has 0 aromatic rings. The van der Waals surface area contributed by atoms with Gasteiger partial charge in [0.1, 0.15) is 6.04 Å². The van der Waals surface area contributed by atoms with E-state index in [1.807, 2.05) is 6.92 Å². The number of hydrogen-bond donors (Lipinski definition) is 2. The van der Waals surface area contributed by atoms with Gasteiger partial charge >= 0.3 is 12.0 Å². The van der Waals surface area contributed by atoms with Crippen LogP contribution in [0.1, 0.15) is 20.3 Å². The number of nitrogens with zero attached hydrogens (tertiary/aromatic N) is 1. The summed E-state index contributed by atoms with van der Waals surface area (Å²) in [6.07, 6.45) is 2.28. The van der Waals surface area contributed by atoms with Crippen molar-refractivity contribution in [2.75, 3.05) is 17.8 Å². The highest BCUT2D eigenvalue weighted by atomic mass is 32.2. The average molecular weight is 308 g/mol. The first kappa shape index (κ1) is 16.3. The molecule has 1 aliphatic rings. The van der Waals surface area contributed by atoms with Crippen LogP contribution in [0.2, 0.25) is 0 Å². The van der Waals surface area contributed by atoms with E-state index in [2.05, 4.69) is 5.32 Å². The third kappa shape index (κ3) is 4.38. The van der Waals surface area contributed by atoms with E-state index in [9.17, 15) is 13.8 Å². The van der Waals surface area contributed by atoms with Crippen LogP contribution in [-0.4, -0.2) is 61.4 Å². The highest BCUT2D eigenvalue weighted by molar-refractivity contribution is 8.00. The summed E-state index contributed by atoms with van der Waals surface area (Å²) < 4.78 is 11.1. The third-order valence-corrected chi connectivity index (χ3v) is 5.24. The molecule has 0 aromatic heterocycles. The van der Waals surface area contributed by atoms with E-state index in [-0.39, 0.29) is 17.4 Å². The van der Waals surface area contributed by atoms with Gasteiger partial charge in [0.2, 0.25) is 0 Å². The normalized spacial score (nSPS) is 25.9. The molecular weight excluding hydrogens is 288 g/mol. The van der Waals surface area contributed by atoms with Gasteiger partial charge in [-0.25, -0.2) is 9.59 Å². The summed E-state index contributed by atoms with van der Waals surface area (Å²) in [5, 5.41) is 11.8. The highest BCUT2D eigenvalue weighted by Gasteiger charge is 2.41. The fourth-order valence-corrected chi connectivity index (χ4v) is 4.15. The number of hydrogen-bond acceptors (Lipinski definition) is 4. The minimum atomic E-state index is -0.996. The summed E-state index contributed by atoms with van der Waals surface area (Å²) in [6, 6.07) is -1.41. The number of amides is 2. The number of carbonyl (C=O) groups is 2. The number of carboxylic acid groups (broad SMARTS) is 1. The molecule has 1 aliphatic heterocycles. The minimum absolute atomic E-state index is 0.111. The van der Waals surface area contributed by atoms with Gasteiger partial charge in [-0.2, -0.15) is 0 Å². The zero-order valence-electron chi connectivity index (χ0n) is 11.3. The van der Waals surface area contributed by atoms with Crippen LogP contribution in [0.15, 0.2) is 0 Å². The number of urea groups is 1. The summed E-state index contributed by atoms with van der Waals surface area (Å²) in [5.41, 5.74) is 0. The molecule has 4 atom stereocenters. The first-order chi connectivity index (χ1) is 8.86. The summed E-state index contributed by atoms with van der Waals surface area (Å²) in [6.45, 7) is 3.69. The predicted octanol–water partition coefficient (Wildman–Crippen LogP) is 0.701. The topological polar surface area (TPSA) is 86.7 Å². The number of thioether (sulfide) groups is 1. The van der Waals surface area contributed by atoms with Crippen molar-refractivity contribution in [2.24, 2.45) is 0 Å². The largest absolute Gasteiger partial charge is 0.480 e. The molecule has 8 heteroatoms. The van der Waals surface area contributed by atoms with Crippen LogP contribution in [-0.2, 0) is 15.6 Å². The Morgan fingerprint density at radius 2 is 2.21 bits per heavy atom. The Labute approximate surface area is 119 Å². The molecule has 2 N–H and O–H groups in total. The lowest BCUT2D eigenvalue weighted by Gasteiger charge is -2.28. The molecule has 4 unspecified atom stereocenters. The maximum absolute atomic E-state index is 12.2. The van der Waals surface area contributed by atoms with Gasteiger partial charge in [0.05, 0.1) is 5.37 Å². The molecule has 1 heterocycles. The van der Waals surface area contributed by atoms with Crippen molar-refractivity contribution in [1.82, 2.24) is 10.2 Å². The van der Waals surface area contributed by atoms with Crippen LogP contribution < -0.4 is 5.32 Å². The number of carboxylic acids is 1. The highest BCUT2D eigenvalue weighted by Crippen LogP contribution is 2.31. The van der Waals surface area contributed by atoms with E-state index in [4.69, 9.17) is 5.11 Å². The van der Waals surface area contributed by atoms with Crippen LogP contribution in [0, 0.1) is 0 Å². The fraction of sp³-hybridized carbons (Fsp3) is 0.818. The van der Waals surface area contributed by atoms with Gasteiger partial charge in [-0.1, -0.05) is 6.92 Å². The maximum Gasteiger partial charge on any atom is 0.327 e. The van der Waals surface area contributed by atoms with Gasteiger partial charge in [-0.15, -0.1) is 11.8 Å². The molecule has 0 spiro atoms. The lowest BCUT2D eigenvalue weighted by atomic mass is 10.2. The second-order valence-electron chi connectivity index (χ2n) is 4.55. The smallest absolute Gasteiger partial charge is 0.327 e. The second-order valence-corrected chi connectivity index (χ2v) is 7.24. The van der Waals surface area contributed by atoms with Crippen LogP contribution >= 0.6 is 11.8 Å². The van der Waals surface area contributed by atoms with Crippen LogP contribution in [0.25, 0.3) is 0 Å². The standard InChI is InChI=1S/C11H20N2O4S2/c1-4-9-13(8(5-18-9)10(14)15)11(16)12-7(2)6-19(3)17/h7-9H,4-6H2,1-3H3,(H,12,16)(H,14,15). The monoisotopic (exact) mass is 308 g/mol. The zero-order chi connectivity index (χ0) is 14.6. The van der Waals surface area contributed by atoms with Crippen molar-refractivity contribution in [1.29, 1.82) is 0 Å². The van der Waals surface area contributed by atoms with Gasteiger partial charge in [0, 0.05) is 34.6 Å². The quantitative estimate of drug-likeness (QED) is 0.781. The second kappa shape index (κ2) is 7.14. The third-order valence-electron chi connectivity index (χ3n) is 2.82. The Kier molecular flexibility index (Phi) is 6.12. The Bertz CT molecular complexity index is 378. The lowest BCUT2D eigenvalue weighted by Crippen LogP contribution is -2.52. The van der Waals surface area contributed by atoms with Gasteiger partial charge in [0.25, 0.3) is 0 Å². The van der Waals surface area contributed by atoms with E-state index in [1.165, 1.54) is 16.7 Å². The van der Waals surface area contributed by atoms with Crippen molar-refractivity contribution in [2.45, 2.75) is 37.7 Å². The molecule has 0 bridgehead atoms. The molecule has 0 aliphatic carbocycles. The van der Waals surface area contributed by atoms with Crippen molar-refractivity contribution < 1.29 is 18.9 Å². The number of nitrogens with one attached hydrogen (secondary N) is 1. The zero-order valence-corrected chi connectivity index (χ0v) is 12.9. The molecule has 1 rings (SSSR count). The van der Waals surface area contributed by atoms with E-state index >= 15 is 0 Å². The first-order valence-corrected chi connectivity index (χ1v) is 8.87. The molecule has 110 valence electrons. The van der Waals surface area contributed by atoms with Crippen molar-refractivity contribution in [3.8, 4) is 0 Å². The average Bonchev–Trinajstić information content (AvgIpc) is 2.70. The van der Waals surface area contributed by atoms with E-state index < -0.39 is 22.8 Å². The molecule has 19 heavy (non-hydrogen) atoms. The molecule has 1 fully saturated rings. The van der Waals surface area contributed by atoms with Crippen LogP contribution in [0.4, 0.5) is 4.79 Å². The molecule has 2 amide bonds. The number of rotatable bonds is 5. The maximum atomic E-state index is 12.2. The molecular formula is C11H20N2O4S2. The van der Waals surface area contributed by atoms with Gasteiger partial charge < -0.3 is 10.4 Å². The Morgan fingerprint density at radius 1 is 1.58 bits per heavy atom. The SMILES string of the molecule is CCC1SCC(C(=O)O)N1C(=O)NC(C)CS(C)=O. The molecule has 0 saturated carbocycles. The van der Waals surface area contributed by atoms with E-state index in [1.54, 1.807) is 13.2 Å². The van der Waals surface area contributed by atoms with Crippen molar-refractivity contribution in [3.05, 3.63) is 0 Å². The Morgan fingerprint density at radius 3 is 2.68 bits per heavy atom. The minimum Gasteiger partial charge on any atom is -0.480 e. The predicted molar refractivity (Wildman–Crippen MR) is 76.7 cm³/mol. The van der Waals surface area contributed by atoms with Crippen LogP contribution in [0.3, 0.4) is 0 Å². The summed E-state index contributed by atoms with van der Waals surface area (Å²) >= 11 is 1.48. The van der Waals surface area contributed by atoms with Crippen LogP contribution in [0.5, 0.6) is 0 Å². The number of carbonyl (C=O) groups excluding carboxylic acids is 1. The van der Waals surface area contributed by atoms with Gasteiger partial charge in [-0.3, -0.25) is 9.11 Å². The fourth-order valence-electron chi connectivity index (χ4n) is 2.02. The number of aliphatic carboxylic acids is 1. The summed E-state index contributed by atoms with van der Waals surface area (Å²) in [5.74, 6) is -0.207. The molecule has 1 saturated heterocycles.